The van der Waals surface area contributed by atoms with Crippen LogP contribution in [-0.2, 0) is 4.79 Å². The minimum Gasteiger partial charge on any atom is -0.382 e. The van der Waals surface area contributed by atoms with Crippen LogP contribution in [-0.4, -0.2) is 11.9 Å². The summed E-state index contributed by atoms with van der Waals surface area (Å²) >= 11 is 0. The maximum atomic E-state index is 11.4. The zero-order chi connectivity index (χ0) is 13.2. The molecule has 1 amide bonds. The fourth-order valence-corrected chi connectivity index (χ4v) is 2.66. The number of benzene rings is 1. The summed E-state index contributed by atoms with van der Waals surface area (Å²) in [6.07, 6.45) is 6.02. The molecule has 1 aromatic rings. The molecule has 3 nitrogen and oxygen atoms in total. The molecule has 0 unspecified atom stereocenters. The summed E-state index contributed by atoms with van der Waals surface area (Å²) in [7, 11) is 0. The summed E-state index contributed by atoms with van der Waals surface area (Å²) in [5.41, 5.74) is 2.03. The van der Waals surface area contributed by atoms with Crippen molar-refractivity contribution in [3.05, 3.63) is 24.3 Å². The van der Waals surface area contributed by atoms with E-state index in [-0.39, 0.29) is 5.91 Å². The van der Waals surface area contributed by atoms with Gasteiger partial charge in [-0.3, -0.25) is 4.79 Å². The van der Waals surface area contributed by atoms with Crippen molar-refractivity contribution in [1.82, 2.24) is 0 Å². The van der Waals surface area contributed by atoms with Crippen molar-refractivity contribution >= 4 is 17.3 Å². The van der Waals surface area contributed by atoms with Crippen LogP contribution in [0.3, 0.4) is 0 Å². The normalized spacial score (nSPS) is 18.4. The maximum absolute atomic E-state index is 11.4. The van der Waals surface area contributed by atoms with E-state index in [4.69, 9.17) is 0 Å². The molecule has 3 heteroatoms. The van der Waals surface area contributed by atoms with E-state index in [0.717, 1.165) is 23.2 Å². The van der Waals surface area contributed by atoms with Crippen molar-refractivity contribution in [2.24, 2.45) is 11.8 Å². The SMILES string of the molecule is CCC(=O)Nc1cccc(NC(C2CC2)C2CC2)c1. The largest absolute Gasteiger partial charge is 0.382 e. The maximum Gasteiger partial charge on any atom is 0.224 e. The predicted molar refractivity (Wildman–Crippen MR) is 78.2 cm³/mol. The molecule has 2 N–H and O–H groups in total. The first-order chi connectivity index (χ1) is 9.26. The first kappa shape index (κ1) is 12.5. The highest BCUT2D eigenvalue weighted by atomic mass is 16.1. The van der Waals surface area contributed by atoms with E-state index in [2.05, 4.69) is 16.7 Å². The van der Waals surface area contributed by atoms with E-state index >= 15 is 0 Å². The number of anilines is 2. The van der Waals surface area contributed by atoms with Crippen LogP contribution in [0.5, 0.6) is 0 Å². The van der Waals surface area contributed by atoms with Gasteiger partial charge in [-0.2, -0.15) is 0 Å². The van der Waals surface area contributed by atoms with Crippen LogP contribution in [0.4, 0.5) is 11.4 Å². The number of rotatable bonds is 6. The molecular weight excluding hydrogens is 236 g/mol. The number of carbonyl (C=O) groups is 1. The fraction of sp³-hybridized carbons (Fsp3) is 0.562. The Morgan fingerprint density at radius 2 is 1.84 bits per heavy atom. The van der Waals surface area contributed by atoms with E-state index in [1.807, 2.05) is 25.1 Å². The van der Waals surface area contributed by atoms with Crippen LogP contribution in [0.2, 0.25) is 0 Å². The van der Waals surface area contributed by atoms with E-state index in [1.165, 1.54) is 25.7 Å². The van der Waals surface area contributed by atoms with Crippen LogP contribution in [0, 0.1) is 11.8 Å². The smallest absolute Gasteiger partial charge is 0.224 e. The van der Waals surface area contributed by atoms with E-state index in [1.54, 1.807) is 0 Å². The standard InChI is InChI=1S/C16H22N2O/c1-2-15(19)17-13-4-3-5-14(10-13)18-16(11-6-7-11)12-8-9-12/h3-5,10-12,16,18H,2,6-9H2,1H3,(H,17,19). The molecule has 19 heavy (non-hydrogen) atoms. The van der Waals surface area contributed by atoms with Gasteiger partial charge >= 0.3 is 0 Å². The van der Waals surface area contributed by atoms with Crippen LogP contribution in [0.15, 0.2) is 24.3 Å². The Morgan fingerprint density at radius 1 is 1.21 bits per heavy atom. The Bertz CT molecular complexity index is 452. The molecule has 0 radical (unpaired) electrons. The molecule has 0 spiro atoms. The summed E-state index contributed by atoms with van der Waals surface area (Å²) in [5, 5.41) is 6.60. The van der Waals surface area contributed by atoms with E-state index in [0.29, 0.717) is 12.5 Å². The number of nitrogens with one attached hydrogen (secondary N) is 2. The number of hydrogen-bond donors (Lipinski definition) is 2. The van der Waals surface area contributed by atoms with Crippen molar-refractivity contribution in [2.75, 3.05) is 10.6 Å². The number of amides is 1. The van der Waals surface area contributed by atoms with Crippen molar-refractivity contribution in [3.8, 4) is 0 Å². The van der Waals surface area contributed by atoms with Crippen molar-refractivity contribution in [3.63, 3.8) is 0 Å². The van der Waals surface area contributed by atoms with Gasteiger partial charge in [0.25, 0.3) is 0 Å². The van der Waals surface area contributed by atoms with Gasteiger partial charge in [-0.1, -0.05) is 13.0 Å². The zero-order valence-electron chi connectivity index (χ0n) is 11.5. The third-order valence-electron chi connectivity index (χ3n) is 4.06. The van der Waals surface area contributed by atoms with Crippen LogP contribution >= 0.6 is 0 Å². The fourth-order valence-electron chi connectivity index (χ4n) is 2.66. The van der Waals surface area contributed by atoms with Gasteiger partial charge in [0.05, 0.1) is 0 Å². The quantitative estimate of drug-likeness (QED) is 0.818. The highest BCUT2D eigenvalue weighted by molar-refractivity contribution is 5.90. The van der Waals surface area contributed by atoms with Crippen molar-refractivity contribution in [1.29, 1.82) is 0 Å². The van der Waals surface area contributed by atoms with Gasteiger partial charge in [0, 0.05) is 23.8 Å². The minimum atomic E-state index is 0.0677. The van der Waals surface area contributed by atoms with Crippen LogP contribution in [0.25, 0.3) is 0 Å². The van der Waals surface area contributed by atoms with Crippen LogP contribution < -0.4 is 10.6 Å². The monoisotopic (exact) mass is 258 g/mol. The molecule has 1 aromatic carbocycles. The van der Waals surface area contributed by atoms with E-state index < -0.39 is 0 Å². The number of carbonyl (C=O) groups excluding carboxylic acids is 1. The van der Waals surface area contributed by atoms with E-state index in [9.17, 15) is 4.79 Å². The van der Waals surface area contributed by atoms with Crippen LogP contribution in [0.1, 0.15) is 39.0 Å². The molecule has 2 fully saturated rings. The summed E-state index contributed by atoms with van der Waals surface area (Å²) in [6.45, 7) is 1.87. The molecule has 0 aliphatic heterocycles. The zero-order valence-corrected chi connectivity index (χ0v) is 11.5. The summed E-state index contributed by atoms with van der Waals surface area (Å²) in [4.78, 5) is 11.4. The molecule has 0 atom stereocenters. The summed E-state index contributed by atoms with van der Waals surface area (Å²) < 4.78 is 0. The molecule has 2 aliphatic rings. The Balaban J connectivity index is 1.66. The van der Waals surface area contributed by atoms with Gasteiger partial charge < -0.3 is 10.6 Å². The number of hydrogen-bond acceptors (Lipinski definition) is 2. The van der Waals surface area contributed by atoms with Gasteiger partial charge in [-0.05, 0) is 55.7 Å². The topological polar surface area (TPSA) is 41.1 Å². The summed E-state index contributed by atoms with van der Waals surface area (Å²) in [6, 6.07) is 8.74. The van der Waals surface area contributed by atoms with Crippen molar-refractivity contribution in [2.45, 2.75) is 45.1 Å². The lowest BCUT2D eigenvalue weighted by molar-refractivity contribution is -0.115. The molecule has 2 aliphatic carbocycles. The first-order valence-electron chi connectivity index (χ1n) is 7.42. The third kappa shape index (κ3) is 3.28. The lowest BCUT2D eigenvalue weighted by atomic mass is 10.1. The average molecular weight is 258 g/mol. The second-order valence-corrected chi connectivity index (χ2v) is 5.83. The average Bonchev–Trinajstić information content (AvgIpc) is 3.29. The van der Waals surface area contributed by atoms with Gasteiger partial charge in [0.15, 0.2) is 0 Å². The van der Waals surface area contributed by atoms with Gasteiger partial charge in [-0.15, -0.1) is 0 Å². The highest BCUT2D eigenvalue weighted by Crippen LogP contribution is 2.45. The van der Waals surface area contributed by atoms with Gasteiger partial charge in [0.1, 0.15) is 0 Å². The highest BCUT2D eigenvalue weighted by Gasteiger charge is 2.41. The Kier molecular flexibility index (Phi) is 3.45. The lowest BCUT2D eigenvalue weighted by Crippen LogP contribution is -2.24. The molecule has 0 bridgehead atoms. The predicted octanol–water partition coefficient (Wildman–Crippen LogP) is 3.64. The Morgan fingerprint density at radius 3 is 2.42 bits per heavy atom. The third-order valence-corrected chi connectivity index (χ3v) is 4.06. The molecule has 102 valence electrons. The molecule has 0 heterocycles. The Labute approximate surface area is 114 Å². The Hall–Kier alpha value is -1.51. The second-order valence-electron chi connectivity index (χ2n) is 5.83. The minimum absolute atomic E-state index is 0.0677. The van der Waals surface area contributed by atoms with Gasteiger partial charge in [0.2, 0.25) is 5.91 Å². The molecule has 0 saturated heterocycles. The molecular formula is C16H22N2O. The molecule has 3 rings (SSSR count). The molecule has 2 saturated carbocycles. The van der Waals surface area contributed by atoms with Gasteiger partial charge in [-0.25, -0.2) is 0 Å². The lowest BCUT2D eigenvalue weighted by Gasteiger charge is -2.19. The summed E-state index contributed by atoms with van der Waals surface area (Å²) in [5.74, 6) is 1.82. The van der Waals surface area contributed by atoms with Crippen molar-refractivity contribution < 1.29 is 4.79 Å². The second kappa shape index (κ2) is 5.24. The first-order valence-corrected chi connectivity index (χ1v) is 7.42. The molecule has 0 aromatic heterocycles.